The fourth-order valence-electron chi connectivity index (χ4n) is 2.87. The standard InChI is InChI=1S/C21H19NO3/c23-20(18-7-4-8-19(18)21(24)25)22-17-13-11-16(12-14-17)10-9-15-5-2-1-3-6-15/h1-3,5-6,9-14H,4,7-8H2,(H,22,23)(H,24,25). The van der Waals surface area contributed by atoms with Crippen LogP contribution in [0.3, 0.4) is 0 Å². The van der Waals surface area contributed by atoms with Gasteiger partial charge in [-0.3, -0.25) is 4.79 Å². The highest BCUT2D eigenvalue weighted by atomic mass is 16.4. The van der Waals surface area contributed by atoms with Crippen molar-refractivity contribution < 1.29 is 14.7 Å². The molecular weight excluding hydrogens is 314 g/mol. The highest BCUT2D eigenvalue weighted by molar-refractivity contribution is 6.09. The Balaban J connectivity index is 1.67. The van der Waals surface area contributed by atoms with Crippen LogP contribution in [0.2, 0.25) is 0 Å². The van der Waals surface area contributed by atoms with Gasteiger partial charge in [0.25, 0.3) is 5.91 Å². The monoisotopic (exact) mass is 333 g/mol. The third-order valence-corrected chi connectivity index (χ3v) is 4.19. The average molecular weight is 333 g/mol. The largest absolute Gasteiger partial charge is 0.478 e. The van der Waals surface area contributed by atoms with E-state index in [1.807, 2.05) is 66.7 Å². The van der Waals surface area contributed by atoms with E-state index in [1.54, 1.807) is 0 Å². The van der Waals surface area contributed by atoms with E-state index in [0.717, 1.165) is 11.1 Å². The maximum Gasteiger partial charge on any atom is 0.332 e. The van der Waals surface area contributed by atoms with Gasteiger partial charge in [0.05, 0.1) is 0 Å². The molecule has 1 aliphatic carbocycles. The number of amides is 1. The van der Waals surface area contributed by atoms with Crippen molar-refractivity contribution >= 4 is 29.7 Å². The van der Waals surface area contributed by atoms with Gasteiger partial charge in [0, 0.05) is 16.8 Å². The summed E-state index contributed by atoms with van der Waals surface area (Å²) < 4.78 is 0. The lowest BCUT2D eigenvalue weighted by atomic mass is 10.1. The van der Waals surface area contributed by atoms with Crippen LogP contribution in [0.25, 0.3) is 12.2 Å². The van der Waals surface area contributed by atoms with Gasteiger partial charge in [-0.2, -0.15) is 0 Å². The second-order valence-electron chi connectivity index (χ2n) is 5.94. The normalized spacial score (nSPS) is 14.1. The third-order valence-electron chi connectivity index (χ3n) is 4.19. The Morgan fingerprint density at radius 2 is 1.44 bits per heavy atom. The van der Waals surface area contributed by atoms with E-state index in [9.17, 15) is 9.59 Å². The SMILES string of the molecule is O=C(O)C1=C(C(=O)Nc2ccc(C=Cc3ccccc3)cc2)CCC1. The number of hydrogen-bond acceptors (Lipinski definition) is 2. The van der Waals surface area contributed by atoms with E-state index in [0.29, 0.717) is 30.5 Å². The molecule has 2 aromatic carbocycles. The van der Waals surface area contributed by atoms with Crippen molar-refractivity contribution in [2.75, 3.05) is 5.32 Å². The summed E-state index contributed by atoms with van der Waals surface area (Å²) in [5.74, 6) is -1.31. The highest BCUT2D eigenvalue weighted by Crippen LogP contribution is 2.27. The molecule has 0 aliphatic heterocycles. The van der Waals surface area contributed by atoms with Crippen LogP contribution in [0, 0.1) is 0 Å². The Bertz CT molecular complexity index is 833. The zero-order chi connectivity index (χ0) is 17.6. The van der Waals surface area contributed by atoms with E-state index in [2.05, 4.69) is 5.32 Å². The Morgan fingerprint density at radius 3 is 2.08 bits per heavy atom. The molecule has 2 N–H and O–H groups in total. The zero-order valence-corrected chi connectivity index (χ0v) is 13.7. The Kier molecular flexibility index (Phi) is 5.09. The maximum atomic E-state index is 12.3. The Morgan fingerprint density at radius 1 is 0.840 bits per heavy atom. The minimum Gasteiger partial charge on any atom is -0.478 e. The van der Waals surface area contributed by atoms with Gasteiger partial charge in [0.2, 0.25) is 0 Å². The molecule has 0 fully saturated rings. The molecule has 0 saturated heterocycles. The number of benzene rings is 2. The van der Waals surface area contributed by atoms with E-state index >= 15 is 0 Å². The molecule has 0 atom stereocenters. The van der Waals surface area contributed by atoms with Crippen molar-refractivity contribution in [2.24, 2.45) is 0 Å². The molecule has 0 aromatic heterocycles. The molecule has 126 valence electrons. The summed E-state index contributed by atoms with van der Waals surface area (Å²) in [6.07, 6.45) is 5.72. The molecule has 4 nitrogen and oxygen atoms in total. The van der Waals surface area contributed by atoms with Gasteiger partial charge in [0.1, 0.15) is 0 Å². The molecule has 0 bridgehead atoms. The van der Waals surface area contributed by atoms with Gasteiger partial charge in [-0.1, -0.05) is 54.6 Å². The lowest BCUT2D eigenvalue weighted by molar-refractivity contribution is -0.133. The van der Waals surface area contributed by atoms with E-state index < -0.39 is 5.97 Å². The van der Waals surface area contributed by atoms with E-state index in [-0.39, 0.29) is 11.5 Å². The number of anilines is 1. The third kappa shape index (κ3) is 4.23. The van der Waals surface area contributed by atoms with Crippen LogP contribution < -0.4 is 5.32 Å². The Labute approximate surface area is 146 Å². The van der Waals surface area contributed by atoms with Gasteiger partial charge in [-0.15, -0.1) is 0 Å². The van der Waals surface area contributed by atoms with Crippen LogP contribution in [0.4, 0.5) is 5.69 Å². The molecule has 3 rings (SSSR count). The minimum atomic E-state index is -0.996. The van der Waals surface area contributed by atoms with Crippen LogP contribution in [0.5, 0.6) is 0 Å². The van der Waals surface area contributed by atoms with Crippen LogP contribution in [-0.4, -0.2) is 17.0 Å². The first kappa shape index (κ1) is 16.7. The molecule has 0 unspecified atom stereocenters. The number of nitrogens with one attached hydrogen (secondary N) is 1. The molecule has 0 spiro atoms. The van der Waals surface area contributed by atoms with Crippen molar-refractivity contribution in [3.05, 3.63) is 76.9 Å². The molecule has 4 heteroatoms. The van der Waals surface area contributed by atoms with Gasteiger partial charge in [-0.25, -0.2) is 4.79 Å². The zero-order valence-electron chi connectivity index (χ0n) is 13.7. The topological polar surface area (TPSA) is 66.4 Å². The quantitative estimate of drug-likeness (QED) is 0.799. The molecule has 0 radical (unpaired) electrons. The van der Waals surface area contributed by atoms with Crippen molar-refractivity contribution in [3.63, 3.8) is 0 Å². The fourth-order valence-corrected chi connectivity index (χ4v) is 2.87. The van der Waals surface area contributed by atoms with Gasteiger partial charge >= 0.3 is 5.97 Å². The van der Waals surface area contributed by atoms with Crippen LogP contribution in [-0.2, 0) is 9.59 Å². The van der Waals surface area contributed by atoms with Gasteiger partial charge < -0.3 is 10.4 Å². The molecular formula is C21H19NO3. The van der Waals surface area contributed by atoms with E-state index in [4.69, 9.17) is 5.11 Å². The van der Waals surface area contributed by atoms with Crippen LogP contribution >= 0.6 is 0 Å². The predicted octanol–water partition coefficient (Wildman–Crippen LogP) is 4.36. The lowest BCUT2D eigenvalue weighted by Gasteiger charge is -2.07. The number of carbonyl (C=O) groups excluding carboxylic acids is 1. The van der Waals surface area contributed by atoms with Crippen molar-refractivity contribution in [2.45, 2.75) is 19.3 Å². The summed E-state index contributed by atoms with van der Waals surface area (Å²) in [5.41, 5.74) is 3.42. The van der Waals surface area contributed by atoms with Gasteiger partial charge in [-0.05, 0) is 42.5 Å². The number of rotatable bonds is 5. The molecule has 2 aromatic rings. The van der Waals surface area contributed by atoms with Gasteiger partial charge in [0.15, 0.2) is 0 Å². The second-order valence-corrected chi connectivity index (χ2v) is 5.94. The first-order chi connectivity index (χ1) is 12.1. The molecule has 25 heavy (non-hydrogen) atoms. The minimum absolute atomic E-state index is 0.236. The number of carboxylic acid groups (broad SMARTS) is 1. The maximum absolute atomic E-state index is 12.3. The summed E-state index contributed by atoms with van der Waals surface area (Å²) in [7, 11) is 0. The predicted molar refractivity (Wildman–Crippen MR) is 99.0 cm³/mol. The summed E-state index contributed by atoms with van der Waals surface area (Å²) in [6, 6.07) is 17.5. The second kappa shape index (κ2) is 7.62. The molecule has 1 aliphatic rings. The lowest BCUT2D eigenvalue weighted by Crippen LogP contribution is -2.16. The van der Waals surface area contributed by atoms with Crippen molar-refractivity contribution in [1.82, 2.24) is 0 Å². The van der Waals surface area contributed by atoms with Crippen molar-refractivity contribution in [3.8, 4) is 0 Å². The highest BCUT2D eigenvalue weighted by Gasteiger charge is 2.25. The molecule has 0 saturated carbocycles. The molecule has 0 heterocycles. The van der Waals surface area contributed by atoms with Crippen LogP contribution in [0.1, 0.15) is 30.4 Å². The summed E-state index contributed by atoms with van der Waals surface area (Å²) in [6.45, 7) is 0. The van der Waals surface area contributed by atoms with Crippen LogP contribution in [0.15, 0.2) is 65.7 Å². The average Bonchev–Trinajstić information content (AvgIpc) is 3.12. The summed E-state index contributed by atoms with van der Waals surface area (Å²) >= 11 is 0. The van der Waals surface area contributed by atoms with E-state index in [1.165, 1.54) is 0 Å². The number of aliphatic carboxylic acids is 1. The van der Waals surface area contributed by atoms with Crippen molar-refractivity contribution in [1.29, 1.82) is 0 Å². The smallest absolute Gasteiger partial charge is 0.332 e. The summed E-state index contributed by atoms with van der Waals surface area (Å²) in [5, 5.41) is 11.9. The number of carbonyl (C=O) groups is 2. The Hall–Kier alpha value is -3.14. The first-order valence-electron chi connectivity index (χ1n) is 8.23. The number of carboxylic acids is 1. The molecule has 1 amide bonds. The summed E-state index contributed by atoms with van der Waals surface area (Å²) in [4.78, 5) is 23.4. The fraction of sp³-hybridized carbons (Fsp3) is 0.143. The first-order valence-corrected chi connectivity index (χ1v) is 8.23. The number of hydrogen-bond donors (Lipinski definition) is 2.